The van der Waals surface area contributed by atoms with Gasteiger partial charge in [-0.15, -0.1) is 6.58 Å². The predicted octanol–water partition coefficient (Wildman–Crippen LogP) is 0.567. The van der Waals surface area contributed by atoms with E-state index in [1.807, 2.05) is 0 Å². The average Bonchev–Trinajstić information content (AvgIpc) is 2.17. The second-order valence-corrected chi connectivity index (χ2v) is 3.09. The Morgan fingerprint density at radius 2 is 2.07 bits per heavy atom. The molecular formula is C8H8N2O5. The summed E-state index contributed by atoms with van der Waals surface area (Å²) in [4.78, 5) is 30.8. The molecular weight excluding hydrogens is 204 g/mol. The monoisotopic (exact) mass is 212 g/mol. The molecule has 0 saturated heterocycles. The van der Waals surface area contributed by atoms with E-state index < -0.39 is 27.6 Å². The summed E-state index contributed by atoms with van der Waals surface area (Å²) in [5, 5.41) is 20.9. The lowest BCUT2D eigenvalue weighted by molar-refractivity contribution is -0.500. The van der Waals surface area contributed by atoms with E-state index in [1.54, 1.807) is 0 Å². The van der Waals surface area contributed by atoms with E-state index in [9.17, 15) is 25.0 Å². The molecule has 0 fully saturated rings. The summed E-state index contributed by atoms with van der Waals surface area (Å²) < 4.78 is 0. The number of carbonyl (C=O) groups excluding carboxylic acids is 1. The lowest BCUT2D eigenvalue weighted by atomic mass is 9.88. The smallest absolute Gasteiger partial charge is 0.291 e. The molecule has 0 aromatic rings. The zero-order valence-electron chi connectivity index (χ0n) is 7.66. The van der Waals surface area contributed by atoms with Gasteiger partial charge in [0, 0.05) is 4.92 Å². The highest BCUT2D eigenvalue weighted by Crippen LogP contribution is 2.23. The summed E-state index contributed by atoms with van der Waals surface area (Å²) in [5.41, 5.74) is -0.304. The molecule has 0 N–H and O–H groups in total. The Balaban J connectivity index is 3.10. The van der Waals surface area contributed by atoms with Gasteiger partial charge in [-0.25, -0.2) is 0 Å². The Bertz CT molecular complexity index is 373. The molecule has 0 aromatic carbocycles. The fourth-order valence-electron chi connectivity index (χ4n) is 1.38. The predicted molar refractivity (Wildman–Crippen MR) is 49.2 cm³/mol. The maximum atomic E-state index is 11.4. The van der Waals surface area contributed by atoms with Crippen LogP contribution in [0.2, 0.25) is 0 Å². The van der Waals surface area contributed by atoms with Gasteiger partial charge in [0.15, 0.2) is 0 Å². The second kappa shape index (κ2) is 3.99. The Hall–Kier alpha value is -2.05. The van der Waals surface area contributed by atoms with Crippen molar-refractivity contribution in [2.24, 2.45) is 5.92 Å². The quantitative estimate of drug-likeness (QED) is 0.386. The number of ketones is 1. The van der Waals surface area contributed by atoms with Crippen molar-refractivity contribution in [2.75, 3.05) is 0 Å². The van der Waals surface area contributed by atoms with Crippen LogP contribution in [0.15, 0.2) is 24.4 Å². The van der Waals surface area contributed by atoms with E-state index in [2.05, 4.69) is 6.58 Å². The molecule has 2 atom stereocenters. The van der Waals surface area contributed by atoms with Gasteiger partial charge in [0.25, 0.3) is 11.7 Å². The van der Waals surface area contributed by atoms with E-state index in [-0.39, 0.29) is 12.1 Å². The first kappa shape index (κ1) is 11.0. The van der Waals surface area contributed by atoms with Gasteiger partial charge < -0.3 is 0 Å². The summed E-state index contributed by atoms with van der Waals surface area (Å²) in [5.74, 6) is -1.49. The van der Waals surface area contributed by atoms with Crippen molar-refractivity contribution in [1.29, 1.82) is 0 Å². The minimum Gasteiger partial charge on any atom is -0.291 e. The lowest BCUT2D eigenvalue weighted by Crippen LogP contribution is -2.37. The van der Waals surface area contributed by atoms with Crippen molar-refractivity contribution in [2.45, 2.75) is 12.5 Å². The van der Waals surface area contributed by atoms with Gasteiger partial charge in [0.2, 0.25) is 5.78 Å². The number of allylic oxidation sites excluding steroid dienone is 2. The third kappa shape index (κ3) is 2.06. The van der Waals surface area contributed by atoms with Crippen molar-refractivity contribution < 1.29 is 14.6 Å². The van der Waals surface area contributed by atoms with Crippen LogP contribution in [0.4, 0.5) is 0 Å². The zero-order valence-corrected chi connectivity index (χ0v) is 7.66. The normalized spacial score (nSPS) is 25.6. The molecule has 80 valence electrons. The van der Waals surface area contributed by atoms with Crippen LogP contribution in [-0.4, -0.2) is 21.7 Å². The van der Waals surface area contributed by atoms with E-state index >= 15 is 0 Å². The third-order valence-electron chi connectivity index (χ3n) is 2.18. The van der Waals surface area contributed by atoms with Gasteiger partial charge in [-0.1, -0.05) is 6.08 Å². The minimum atomic E-state index is -1.62. The van der Waals surface area contributed by atoms with E-state index in [1.165, 1.54) is 6.08 Å². The van der Waals surface area contributed by atoms with Crippen LogP contribution in [0.5, 0.6) is 0 Å². The number of hydrogen-bond donors (Lipinski definition) is 0. The molecule has 7 heteroatoms. The van der Waals surface area contributed by atoms with Crippen molar-refractivity contribution in [1.82, 2.24) is 0 Å². The molecule has 0 amide bonds. The Labute approximate surface area is 84.4 Å². The maximum Gasteiger partial charge on any atom is 0.295 e. The molecule has 1 aliphatic rings. The fraction of sp³-hybridized carbons (Fsp3) is 0.375. The van der Waals surface area contributed by atoms with Crippen LogP contribution in [-0.2, 0) is 4.79 Å². The molecule has 2 unspecified atom stereocenters. The highest BCUT2D eigenvalue weighted by molar-refractivity contribution is 5.89. The van der Waals surface area contributed by atoms with Gasteiger partial charge in [-0.2, -0.15) is 0 Å². The SMILES string of the molecule is C=CC1CC([N+](=O)[O-])=CC([N+](=O)[O-])C1=O. The molecule has 0 bridgehead atoms. The van der Waals surface area contributed by atoms with Crippen molar-refractivity contribution >= 4 is 5.78 Å². The molecule has 0 saturated carbocycles. The summed E-state index contributed by atoms with van der Waals surface area (Å²) in [6.07, 6.45) is 1.87. The number of nitro groups is 2. The number of hydrogen-bond acceptors (Lipinski definition) is 5. The number of nitrogens with zero attached hydrogens (tertiary/aromatic N) is 2. The number of carbonyl (C=O) groups is 1. The number of rotatable bonds is 3. The Morgan fingerprint density at radius 1 is 1.47 bits per heavy atom. The molecule has 0 aromatic heterocycles. The molecule has 0 spiro atoms. The van der Waals surface area contributed by atoms with Gasteiger partial charge in [-0.3, -0.25) is 25.0 Å². The van der Waals surface area contributed by atoms with Crippen LogP contribution in [0.3, 0.4) is 0 Å². The molecule has 1 rings (SSSR count). The van der Waals surface area contributed by atoms with E-state index in [4.69, 9.17) is 0 Å². The summed E-state index contributed by atoms with van der Waals surface area (Å²) in [6, 6.07) is -1.62. The first-order valence-corrected chi connectivity index (χ1v) is 4.12. The standard InChI is InChI=1S/C8H8N2O5/c1-2-5-3-6(9(12)13)4-7(8(5)11)10(14)15/h2,4-5,7H,1,3H2. The van der Waals surface area contributed by atoms with Crippen LogP contribution in [0.25, 0.3) is 0 Å². The van der Waals surface area contributed by atoms with Crippen LogP contribution in [0.1, 0.15) is 6.42 Å². The van der Waals surface area contributed by atoms with E-state index in [0.717, 1.165) is 6.08 Å². The average molecular weight is 212 g/mol. The third-order valence-corrected chi connectivity index (χ3v) is 2.18. The summed E-state index contributed by atoms with van der Waals surface area (Å²) >= 11 is 0. The molecule has 0 heterocycles. The van der Waals surface area contributed by atoms with Crippen LogP contribution in [0, 0.1) is 26.1 Å². The van der Waals surface area contributed by atoms with Gasteiger partial charge >= 0.3 is 0 Å². The van der Waals surface area contributed by atoms with Crippen molar-refractivity contribution in [3.8, 4) is 0 Å². The molecule has 1 aliphatic carbocycles. The lowest BCUT2D eigenvalue weighted by Gasteiger charge is -2.15. The number of Topliss-reactive ketones (excluding diaryl/α,β-unsaturated/α-hetero) is 1. The highest BCUT2D eigenvalue weighted by Gasteiger charge is 2.41. The summed E-state index contributed by atoms with van der Waals surface area (Å²) in [6.45, 7) is 3.33. The first-order valence-electron chi connectivity index (χ1n) is 4.12. The Morgan fingerprint density at radius 3 is 2.47 bits per heavy atom. The summed E-state index contributed by atoms with van der Waals surface area (Å²) in [7, 11) is 0. The van der Waals surface area contributed by atoms with E-state index in [0.29, 0.717) is 0 Å². The molecule has 0 aliphatic heterocycles. The van der Waals surface area contributed by atoms with Crippen molar-refractivity contribution in [3.63, 3.8) is 0 Å². The second-order valence-electron chi connectivity index (χ2n) is 3.09. The van der Waals surface area contributed by atoms with Crippen LogP contribution >= 0.6 is 0 Å². The molecule has 0 radical (unpaired) electrons. The molecule has 15 heavy (non-hydrogen) atoms. The minimum absolute atomic E-state index is 0.125. The van der Waals surface area contributed by atoms with Crippen molar-refractivity contribution in [3.05, 3.63) is 44.7 Å². The largest absolute Gasteiger partial charge is 0.295 e. The Kier molecular flexibility index (Phi) is 2.93. The van der Waals surface area contributed by atoms with Gasteiger partial charge in [0.1, 0.15) is 0 Å². The highest BCUT2D eigenvalue weighted by atomic mass is 16.6. The maximum absolute atomic E-state index is 11.4. The zero-order chi connectivity index (χ0) is 11.6. The molecule has 7 nitrogen and oxygen atoms in total. The first-order chi connectivity index (χ1) is 6.97. The topological polar surface area (TPSA) is 103 Å². The fourth-order valence-corrected chi connectivity index (χ4v) is 1.38. The van der Waals surface area contributed by atoms with Crippen LogP contribution < -0.4 is 0 Å². The van der Waals surface area contributed by atoms with Gasteiger partial charge in [-0.05, 0) is 0 Å². The van der Waals surface area contributed by atoms with Gasteiger partial charge in [0.05, 0.1) is 23.3 Å².